The van der Waals surface area contributed by atoms with Gasteiger partial charge in [-0.2, -0.15) is 0 Å². The Labute approximate surface area is 95.3 Å². The van der Waals surface area contributed by atoms with Crippen LogP contribution in [0.5, 0.6) is 0 Å². The second-order valence-corrected chi connectivity index (χ2v) is 5.47. The normalized spacial score (nSPS) is 21.8. The zero-order valence-corrected chi connectivity index (χ0v) is 10.6. The highest BCUT2D eigenvalue weighted by atomic mass is 16.3. The second kappa shape index (κ2) is 6.52. The SMILES string of the molecule is CCCCC(CC)(CO)CC1CCCC1. The van der Waals surface area contributed by atoms with Crippen LogP contribution in [-0.2, 0) is 0 Å². The van der Waals surface area contributed by atoms with Gasteiger partial charge < -0.3 is 5.11 Å². The molecule has 15 heavy (non-hydrogen) atoms. The third-order valence-corrected chi connectivity index (χ3v) is 4.34. The van der Waals surface area contributed by atoms with Crippen molar-refractivity contribution in [1.82, 2.24) is 0 Å². The van der Waals surface area contributed by atoms with Crippen LogP contribution < -0.4 is 0 Å². The fourth-order valence-corrected chi connectivity index (χ4v) is 3.06. The van der Waals surface area contributed by atoms with Gasteiger partial charge in [-0.25, -0.2) is 0 Å². The van der Waals surface area contributed by atoms with Gasteiger partial charge in [0.05, 0.1) is 0 Å². The average Bonchev–Trinajstić information content (AvgIpc) is 2.77. The van der Waals surface area contributed by atoms with Gasteiger partial charge in [0, 0.05) is 6.61 Å². The van der Waals surface area contributed by atoms with E-state index in [1.807, 2.05) is 0 Å². The van der Waals surface area contributed by atoms with E-state index in [9.17, 15) is 5.11 Å². The number of hydrogen-bond acceptors (Lipinski definition) is 1. The van der Waals surface area contributed by atoms with Crippen LogP contribution in [0, 0.1) is 11.3 Å². The minimum atomic E-state index is 0.255. The summed E-state index contributed by atoms with van der Waals surface area (Å²) in [6, 6.07) is 0. The molecular weight excluding hydrogens is 184 g/mol. The Bertz CT molecular complexity index is 155. The zero-order chi connectivity index (χ0) is 11.1. The van der Waals surface area contributed by atoms with E-state index in [2.05, 4.69) is 13.8 Å². The largest absolute Gasteiger partial charge is 0.396 e. The monoisotopic (exact) mass is 212 g/mol. The first-order valence-corrected chi connectivity index (χ1v) is 6.87. The molecule has 0 aliphatic heterocycles. The number of aliphatic hydroxyl groups excluding tert-OH is 1. The van der Waals surface area contributed by atoms with Gasteiger partial charge in [0.25, 0.3) is 0 Å². The van der Waals surface area contributed by atoms with Crippen molar-refractivity contribution in [1.29, 1.82) is 0 Å². The fraction of sp³-hybridized carbons (Fsp3) is 1.00. The molecule has 0 aromatic heterocycles. The lowest BCUT2D eigenvalue weighted by Gasteiger charge is -2.33. The first-order valence-electron chi connectivity index (χ1n) is 6.87. The summed E-state index contributed by atoms with van der Waals surface area (Å²) in [5.74, 6) is 0.911. The van der Waals surface area contributed by atoms with Gasteiger partial charge in [-0.15, -0.1) is 0 Å². The van der Waals surface area contributed by atoms with Crippen molar-refractivity contribution in [2.24, 2.45) is 11.3 Å². The Morgan fingerprint density at radius 2 is 1.87 bits per heavy atom. The Balaban J connectivity index is 2.45. The van der Waals surface area contributed by atoms with E-state index < -0.39 is 0 Å². The maximum atomic E-state index is 9.66. The molecule has 1 N–H and O–H groups in total. The van der Waals surface area contributed by atoms with E-state index in [1.54, 1.807) is 0 Å². The molecule has 0 heterocycles. The molecule has 1 unspecified atom stereocenters. The van der Waals surface area contributed by atoms with Crippen molar-refractivity contribution in [3.8, 4) is 0 Å². The lowest BCUT2D eigenvalue weighted by atomic mass is 9.74. The summed E-state index contributed by atoms with van der Waals surface area (Å²) in [6.45, 7) is 4.90. The minimum absolute atomic E-state index is 0.255. The highest BCUT2D eigenvalue weighted by molar-refractivity contribution is 4.82. The molecule has 1 aliphatic rings. The highest BCUT2D eigenvalue weighted by Gasteiger charge is 2.31. The Hall–Kier alpha value is -0.0400. The van der Waals surface area contributed by atoms with E-state index in [1.165, 1.54) is 51.4 Å². The summed E-state index contributed by atoms with van der Waals surface area (Å²) in [5, 5.41) is 9.66. The molecular formula is C14H28O. The Morgan fingerprint density at radius 1 is 1.20 bits per heavy atom. The maximum absolute atomic E-state index is 9.66. The predicted molar refractivity (Wildman–Crippen MR) is 65.9 cm³/mol. The summed E-state index contributed by atoms with van der Waals surface area (Å²) in [7, 11) is 0. The highest BCUT2D eigenvalue weighted by Crippen LogP contribution is 2.40. The molecule has 1 aliphatic carbocycles. The van der Waals surface area contributed by atoms with Gasteiger partial charge in [0.1, 0.15) is 0 Å². The van der Waals surface area contributed by atoms with Gasteiger partial charge in [0.15, 0.2) is 0 Å². The summed E-state index contributed by atoms with van der Waals surface area (Å²) in [6.07, 6.45) is 11.9. The van der Waals surface area contributed by atoms with E-state index in [-0.39, 0.29) is 5.41 Å². The lowest BCUT2D eigenvalue weighted by Crippen LogP contribution is -2.27. The number of aliphatic hydroxyl groups is 1. The molecule has 1 rings (SSSR count). The van der Waals surface area contributed by atoms with Gasteiger partial charge >= 0.3 is 0 Å². The van der Waals surface area contributed by atoms with Crippen LogP contribution in [0.15, 0.2) is 0 Å². The van der Waals surface area contributed by atoms with E-state index in [0.29, 0.717) is 6.61 Å². The summed E-state index contributed by atoms with van der Waals surface area (Å²) in [5.41, 5.74) is 0.255. The molecule has 1 atom stereocenters. The van der Waals surface area contributed by atoms with Crippen molar-refractivity contribution in [3.05, 3.63) is 0 Å². The fourth-order valence-electron chi connectivity index (χ4n) is 3.06. The Kier molecular flexibility index (Phi) is 5.66. The van der Waals surface area contributed by atoms with E-state index in [4.69, 9.17) is 0 Å². The van der Waals surface area contributed by atoms with Gasteiger partial charge in [0.2, 0.25) is 0 Å². The topological polar surface area (TPSA) is 20.2 Å². The molecule has 1 fully saturated rings. The average molecular weight is 212 g/mol. The van der Waals surface area contributed by atoms with Crippen LogP contribution in [0.4, 0.5) is 0 Å². The molecule has 90 valence electrons. The van der Waals surface area contributed by atoms with Crippen LogP contribution in [-0.4, -0.2) is 11.7 Å². The number of hydrogen-bond donors (Lipinski definition) is 1. The third-order valence-electron chi connectivity index (χ3n) is 4.34. The molecule has 0 aromatic rings. The van der Waals surface area contributed by atoms with Crippen LogP contribution in [0.2, 0.25) is 0 Å². The van der Waals surface area contributed by atoms with Gasteiger partial charge in [-0.05, 0) is 30.6 Å². The van der Waals surface area contributed by atoms with E-state index in [0.717, 1.165) is 12.3 Å². The van der Waals surface area contributed by atoms with Crippen molar-refractivity contribution in [2.45, 2.75) is 71.6 Å². The van der Waals surface area contributed by atoms with Crippen molar-refractivity contribution in [2.75, 3.05) is 6.61 Å². The third kappa shape index (κ3) is 3.79. The van der Waals surface area contributed by atoms with Crippen LogP contribution in [0.1, 0.15) is 71.6 Å². The maximum Gasteiger partial charge on any atom is 0.0487 e. The van der Waals surface area contributed by atoms with Crippen molar-refractivity contribution in [3.63, 3.8) is 0 Å². The second-order valence-electron chi connectivity index (χ2n) is 5.47. The molecule has 1 heteroatoms. The minimum Gasteiger partial charge on any atom is -0.396 e. The summed E-state index contributed by atoms with van der Waals surface area (Å²) in [4.78, 5) is 0. The molecule has 0 bridgehead atoms. The summed E-state index contributed by atoms with van der Waals surface area (Å²) < 4.78 is 0. The molecule has 1 nitrogen and oxygen atoms in total. The molecule has 0 spiro atoms. The quantitative estimate of drug-likeness (QED) is 0.672. The molecule has 0 saturated heterocycles. The smallest absolute Gasteiger partial charge is 0.0487 e. The molecule has 0 radical (unpaired) electrons. The van der Waals surface area contributed by atoms with E-state index >= 15 is 0 Å². The van der Waals surface area contributed by atoms with Gasteiger partial charge in [-0.3, -0.25) is 0 Å². The number of rotatable bonds is 7. The lowest BCUT2D eigenvalue weighted by molar-refractivity contribution is 0.0796. The molecule has 1 saturated carbocycles. The summed E-state index contributed by atoms with van der Waals surface area (Å²) >= 11 is 0. The number of unbranched alkanes of at least 4 members (excludes halogenated alkanes) is 1. The van der Waals surface area contributed by atoms with Crippen molar-refractivity contribution >= 4 is 0 Å². The zero-order valence-electron chi connectivity index (χ0n) is 10.6. The standard InChI is InChI=1S/C14H28O/c1-3-5-10-14(4-2,12-15)11-13-8-6-7-9-13/h13,15H,3-12H2,1-2H3. The van der Waals surface area contributed by atoms with Gasteiger partial charge in [-0.1, -0.05) is 52.4 Å². The first-order chi connectivity index (χ1) is 7.26. The van der Waals surface area contributed by atoms with Crippen LogP contribution in [0.25, 0.3) is 0 Å². The first kappa shape index (κ1) is 13.0. The molecule has 0 aromatic carbocycles. The predicted octanol–water partition coefficient (Wildman–Crippen LogP) is 4.15. The van der Waals surface area contributed by atoms with Crippen LogP contribution in [0.3, 0.4) is 0 Å². The molecule has 0 amide bonds. The Morgan fingerprint density at radius 3 is 2.33 bits per heavy atom. The van der Waals surface area contributed by atoms with Crippen LogP contribution >= 0.6 is 0 Å². The van der Waals surface area contributed by atoms with Crippen molar-refractivity contribution < 1.29 is 5.11 Å².